The summed E-state index contributed by atoms with van der Waals surface area (Å²) in [6.45, 7) is 1.45. The highest BCUT2D eigenvalue weighted by Gasteiger charge is 2.24. The van der Waals surface area contributed by atoms with Crippen LogP contribution in [0.1, 0.15) is 18.4 Å². The number of nitrogens with zero attached hydrogens (tertiary/aromatic N) is 1. The van der Waals surface area contributed by atoms with Crippen molar-refractivity contribution in [2.45, 2.75) is 25.4 Å². The maximum atomic E-state index is 12.1. The summed E-state index contributed by atoms with van der Waals surface area (Å²) in [6.07, 6.45) is 1.98. The standard InChI is InChI=1S/C13H16Cl2N2O.ClH/c1-17(13(18)12-3-2-4-16-12)8-9-5-10(14)7-11(15)6-9;/h5-7,12,16H,2-4,8H2,1H3;1H. The van der Waals surface area contributed by atoms with Crippen molar-refractivity contribution >= 4 is 41.5 Å². The van der Waals surface area contributed by atoms with Gasteiger partial charge in [0.1, 0.15) is 0 Å². The first-order chi connectivity index (χ1) is 8.56. The monoisotopic (exact) mass is 322 g/mol. The summed E-state index contributed by atoms with van der Waals surface area (Å²) in [5.41, 5.74) is 0.946. The van der Waals surface area contributed by atoms with Crippen LogP contribution in [0.15, 0.2) is 18.2 Å². The molecule has 0 aromatic heterocycles. The highest BCUT2D eigenvalue weighted by molar-refractivity contribution is 6.34. The van der Waals surface area contributed by atoms with Gasteiger partial charge in [-0.15, -0.1) is 12.4 Å². The largest absolute Gasteiger partial charge is 0.340 e. The smallest absolute Gasteiger partial charge is 0.239 e. The van der Waals surface area contributed by atoms with E-state index in [4.69, 9.17) is 23.2 Å². The molecule has 1 aromatic carbocycles. The van der Waals surface area contributed by atoms with Crippen molar-refractivity contribution < 1.29 is 4.79 Å². The predicted molar refractivity (Wildman–Crippen MR) is 81.2 cm³/mol. The number of amides is 1. The minimum absolute atomic E-state index is 0. The van der Waals surface area contributed by atoms with E-state index in [0.29, 0.717) is 16.6 Å². The van der Waals surface area contributed by atoms with Gasteiger partial charge in [0.05, 0.1) is 6.04 Å². The van der Waals surface area contributed by atoms with Gasteiger partial charge in [-0.2, -0.15) is 0 Å². The molecular weight excluding hydrogens is 307 g/mol. The van der Waals surface area contributed by atoms with Gasteiger partial charge >= 0.3 is 0 Å². The van der Waals surface area contributed by atoms with E-state index in [2.05, 4.69) is 5.32 Å². The molecule has 1 N–H and O–H groups in total. The lowest BCUT2D eigenvalue weighted by atomic mass is 10.1. The Morgan fingerprint density at radius 2 is 2.00 bits per heavy atom. The molecule has 0 aliphatic carbocycles. The minimum Gasteiger partial charge on any atom is -0.340 e. The van der Waals surface area contributed by atoms with Gasteiger partial charge in [0.15, 0.2) is 0 Å². The fraction of sp³-hybridized carbons (Fsp3) is 0.462. The molecule has 1 fully saturated rings. The highest BCUT2D eigenvalue weighted by atomic mass is 35.5. The first-order valence-electron chi connectivity index (χ1n) is 5.99. The third kappa shape index (κ3) is 4.53. The molecule has 1 heterocycles. The molecule has 19 heavy (non-hydrogen) atoms. The van der Waals surface area contributed by atoms with Crippen molar-refractivity contribution in [1.29, 1.82) is 0 Å². The second-order valence-electron chi connectivity index (χ2n) is 4.62. The molecule has 1 saturated heterocycles. The minimum atomic E-state index is -0.0374. The Morgan fingerprint density at radius 3 is 2.53 bits per heavy atom. The topological polar surface area (TPSA) is 32.3 Å². The summed E-state index contributed by atoms with van der Waals surface area (Å²) >= 11 is 11.9. The van der Waals surface area contributed by atoms with Crippen LogP contribution in [0.5, 0.6) is 0 Å². The van der Waals surface area contributed by atoms with Crippen molar-refractivity contribution in [1.82, 2.24) is 10.2 Å². The fourth-order valence-electron chi connectivity index (χ4n) is 2.22. The second kappa shape index (κ2) is 7.34. The van der Waals surface area contributed by atoms with E-state index in [-0.39, 0.29) is 24.4 Å². The van der Waals surface area contributed by atoms with Crippen LogP contribution in [0.3, 0.4) is 0 Å². The van der Waals surface area contributed by atoms with Gasteiger partial charge in [0.2, 0.25) is 5.91 Å². The second-order valence-corrected chi connectivity index (χ2v) is 5.49. The van der Waals surface area contributed by atoms with Crippen molar-refractivity contribution in [3.05, 3.63) is 33.8 Å². The molecule has 0 radical (unpaired) electrons. The molecule has 1 aliphatic rings. The Hall–Kier alpha value is -0.480. The maximum Gasteiger partial charge on any atom is 0.239 e. The summed E-state index contributed by atoms with van der Waals surface area (Å²) in [6, 6.07) is 5.32. The molecule has 0 bridgehead atoms. The predicted octanol–water partition coefficient (Wildman–Crippen LogP) is 3.13. The van der Waals surface area contributed by atoms with Crippen LogP contribution in [-0.2, 0) is 11.3 Å². The number of hydrogen-bond acceptors (Lipinski definition) is 2. The molecule has 0 saturated carbocycles. The van der Waals surface area contributed by atoms with Crippen LogP contribution in [-0.4, -0.2) is 30.4 Å². The Morgan fingerprint density at radius 1 is 1.37 bits per heavy atom. The first-order valence-corrected chi connectivity index (χ1v) is 6.75. The van der Waals surface area contributed by atoms with E-state index in [0.717, 1.165) is 24.9 Å². The number of rotatable bonds is 3. The van der Waals surface area contributed by atoms with Crippen molar-refractivity contribution in [3.63, 3.8) is 0 Å². The molecule has 1 aromatic rings. The van der Waals surface area contributed by atoms with E-state index in [1.807, 2.05) is 12.1 Å². The summed E-state index contributed by atoms with van der Waals surface area (Å²) in [5, 5.41) is 4.39. The molecule has 1 amide bonds. The normalized spacial score (nSPS) is 17.9. The number of carbonyl (C=O) groups excluding carboxylic acids is 1. The molecular formula is C13H17Cl3N2O. The van der Waals surface area contributed by atoms with E-state index >= 15 is 0 Å². The average molecular weight is 324 g/mol. The average Bonchev–Trinajstić information content (AvgIpc) is 2.79. The number of hydrogen-bond donors (Lipinski definition) is 1. The maximum absolute atomic E-state index is 12.1. The van der Waals surface area contributed by atoms with Crippen LogP contribution in [0.25, 0.3) is 0 Å². The molecule has 6 heteroatoms. The van der Waals surface area contributed by atoms with Gasteiger partial charge < -0.3 is 10.2 Å². The highest BCUT2D eigenvalue weighted by Crippen LogP contribution is 2.20. The quantitative estimate of drug-likeness (QED) is 0.927. The van der Waals surface area contributed by atoms with E-state index in [9.17, 15) is 4.79 Å². The zero-order chi connectivity index (χ0) is 13.1. The van der Waals surface area contributed by atoms with Crippen LogP contribution in [0.2, 0.25) is 10.0 Å². The summed E-state index contributed by atoms with van der Waals surface area (Å²) < 4.78 is 0. The third-order valence-corrected chi connectivity index (χ3v) is 3.51. The van der Waals surface area contributed by atoms with E-state index in [1.54, 1.807) is 18.0 Å². The molecule has 3 nitrogen and oxygen atoms in total. The van der Waals surface area contributed by atoms with Crippen LogP contribution in [0, 0.1) is 0 Å². The van der Waals surface area contributed by atoms with E-state index < -0.39 is 0 Å². The van der Waals surface area contributed by atoms with E-state index in [1.165, 1.54) is 0 Å². The van der Waals surface area contributed by atoms with Crippen molar-refractivity contribution in [2.24, 2.45) is 0 Å². The zero-order valence-corrected chi connectivity index (χ0v) is 13.0. The molecule has 2 rings (SSSR count). The molecule has 0 spiro atoms. The lowest BCUT2D eigenvalue weighted by Gasteiger charge is -2.21. The Bertz CT molecular complexity index is 427. The Kier molecular flexibility index (Phi) is 6.40. The summed E-state index contributed by atoms with van der Waals surface area (Å²) in [4.78, 5) is 13.8. The van der Waals surface area contributed by atoms with Gasteiger partial charge in [-0.3, -0.25) is 4.79 Å². The molecule has 1 unspecified atom stereocenters. The number of nitrogens with one attached hydrogen (secondary N) is 1. The van der Waals surface area contributed by atoms with Crippen LogP contribution < -0.4 is 5.32 Å². The number of likely N-dealkylation sites (N-methyl/N-ethyl adjacent to an activating group) is 1. The lowest BCUT2D eigenvalue weighted by molar-refractivity contribution is -0.132. The van der Waals surface area contributed by atoms with Gasteiger partial charge in [0, 0.05) is 23.6 Å². The summed E-state index contributed by atoms with van der Waals surface area (Å²) in [5.74, 6) is 0.128. The Balaban J connectivity index is 0.00000180. The number of carbonyl (C=O) groups is 1. The summed E-state index contributed by atoms with van der Waals surface area (Å²) in [7, 11) is 1.80. The van der Waals surface area contributed by atoms with Crippen LogP contribution >= 0.6 is 35.6 Å². The van der Waals surface area contributed by atoms with Gasteiger partial charge in [-0.05, 0) is 43.1 Å². The third-order valence-electron chi connectivity index (χ3n) is 3.08. The fourth-order valence-corrected chi connectivity index (χ4v) is 2.79. The first kappa shape index (κ1) is 16.6. The molecule has 106 valence electrons. The van der Waals surface area contributed by atoms with Crippen molar-refractivity contribution in [2.75, 3.05) is 13.6 Å². The number of halogens is 3. The molecule has 1 aliphatic heterocycles. The zero-order valence-electron chi connectivity index (χ0n) is 10.7. The number of benzene rings is 1. The molecule has 1 atom stereocenters. The van der Waals surface area contributed by atoms with Gasteiger partial charge in [0.25, 0.3) is 0 Å². The van der Waals surface area contributed by atoms with Crippen molar-refractivity contribution in [3.8, 4) is 0 Å². The van der Waals surface area contributed by atoms with Gasteiger partial charge in [-0.25, -0.2) is 0 Å². The lowest BCUT2D eigenvalue weighted by Crippen LogP contribution is -2.41. The SMILES string of the molecule is CN(Cc1cc(Cl)cc(Cl)c1)C(=O)C1CCCN1.Cl. The Labute approximate surface area is 129 Å². The van der Waals surface area contributed by atoms with Crippen LogP contribution in [0.4, 0.5) is 0 Å². The van der Waals surface area contributed by atoms with Gasteiger partial charge in [-0.1, -0.05) is 23.2 Å².